The molecule has 1 aromatic carbocycles. The van der Waals surface area contributed by atoms with Crippen molar-refractivity contribution in [2.75, 3.05) is 25.5 Å². The Balaban J connectivity index is 0.00000312. The Morgan fingerprint density at radius 1 is 1.16 bits per heavy atom. The van der Waals surface area contributed by atoms with E-state index in [9.17, 15) is 10.1 Å². The highest BCUT2D eigenvalue weighted by Crippen LogP contribution is 2.22. The van der Waals surface area contributed by atoms with Gasteiger partial charge < -0.3 is 16.0 Å². The molecule has 0 spiro atoms. The van der Waals surface area contributed by atoms with Gasteiger partial charge in [-0.05, 0) is 18.2 Å². The van der Waals surface area contributed by atoms with Gasteiger partial charge in [-0.2, -0.15) is 0 Å². The van der Waals surface area contributed by atoms with Gasteiger partial charge in [0.05, 0.1) is 17.2 Å². The van der Waals surface area contributed by atoms with Crippen LogP contribution in [0.1, 0.15) is 5.69 Å². The Bertz CT molecular complexity index is 696. The number of nitro benzene ring substituents is 1. The summed E-state index contributed by atoms with van der Waals surface area (Å²) in [6, 6.07) is 12.3. The van der Waals surface area contributed by atoms with Crippen LogP contribution in [0.2, 0.25) is 0 Å². The van der Waals surface area contributed by atoms with E-state index in [0.717, 1.165) is 5.69 Å². The molecular formula is C16H21IN6O2. The normalized spacial score (nSPS) is 10.5. The smallest absolute Gasteiger partial charge is 0.292 e. The van der Waals surface area contributed by atoms with Crippen LogP contribution in [0.15, 0.2) is 53.7 Å². The van der Waals surface area contributed by atoms with Crippen LogP contribution >= 0.6 is 24.0 Å². The van der Waals surface area contributed by atoms with Gasteiger partial charge in [0.15, 0.2) is 5.96 Å². The molecule has 0 radical (unpaired) electrons. The molecule has 0 aliphatic carbocycles. The number of pyridine rings is 1. The molecule has 2 aromatic rings. The van der Waals surface area contributed by atoms with Gasteiger partial charge in [0.25, 0.3) is 5.69 Å². The van der Waals surface area contributed by atoms with Crippen LogP contribution in [0, 0.1) is 10.1 Å². The molecule has 8 nitrogen and oxygen atoms in total. The van der Waals surface area contributed by atoms with E-state index in [4.69, 9.17) is 0 Å². The lowest BCUT2D eigenvalue weighted by molar-refractivity contribution is -0.384. The molecule has 0 bridgehead atoms. The van der Waals surface area contributed by atoms with Crippen LogP contribution in [-0.4, -0.2) is 36.0 Å². The number of halogens is 1. The number of aromatic nitrogens is 1. The summed E-state index contributed by atoms with van der Waals surface area (Å²) < 4.78 is 0. The second-order valence-electron chi connectivity index (χ2n) is 4.87. The molecule has 0 amide bonds. The number of nitrogens with one attached hydrogen (secondary N) is 3. The van der Waals surface area contributed by atoms with Crippen molar-refractivity contribution in [2.45, 2.75) is 6.54 Å². The van der Waals surface area contributed by atoms with Gasteiger partial charge in [-0.1, -0.05) is 18.2 Å². The molecule has 25 heavy (non-hydrogen) atoms. The molecule has 0 atom stereocenters. The molecule has 0 saturated heterocycles. The van der Waals surface area contributed by atoms with E-state index in [0.29, 0.717) is 31.3 Å². The number of anilines is 1. The highest BCUT2D eigenvalue weighted by molar-refractivity contribution is 14.0. The molecule has 0 aliphatic heterocycles. The monoisotopic (exact) mass is 456 g/mol. The van der Waals surface area contributed by atoms with Crippen molar-refractivity contribution in [2.24, 2.45) is 4.99 Å². The summed E-state index contributed by atoms with van der Waals surface area (Å²) in [5.74, 6) is 0.644. The highest BCUT2D eigenvalue weighted by atomic mass is 127. The third-order valence-corrected chi connectivity index (χ3v) is 3.22. The number of nitrogens with zero attached hydrogens (tertiary/aromatic N) is 3. The van der Waals surface area contributed by atoms with Crippen LogP contribution < -0.4 is 16.0 Å². The summed E-state index contributed by atoms with van der Waals surface area (Å²) in [7, 11) is 1.68. The number of benzene rings is 1. The largest absolute Gasteiger partial charge is 0.378 e. The fourth-order valence-corrected chi connectivity index (χ4v) is 2.06. The maximum Gasteiger partial charge on any atom is 0.292 e. The van der Waals surface area contributed by atoms with E-state index in [2.05, 4.69) is 25.9 Å². The summed E-state index contributed by atoms with van der Waals surface area (Å²) in [6.45, 7) is 1.65. The van der Waals surface area contributed by atoms with Crippen LogP contribution in [0.5, 0.6) is 0 Å². The number of hydrogen-bond donors (Lipinski definition) is 3. The van der Waals surface area contributed by atoms with Gasteiger partial charge in [0.1, 0.15) is 5.69 Å². The lowest BCUT2D eigenvalue weighted by Crippen LogP contribution is -2.39. The minimum absolute atomic E-state index is 0. The van der Waals surface area contributed by atoms with Gasteiger partial charge in [0.2, 0.25) is 0 Å². The Morgan fingerprint density at radius 3 is 2.60 bits per heavy atom. The third-order valence-electron chi connectivity index (χ3n) is 3.22. The molecule has 2 rings (SSSR count). The number of para-hydroxylation sites is 2. The minimum Gasteiger partial charge on any atom is -0.378 e. The van der Waals surface area contributed by atoms with E-state index in [1.54, 1.807) is 31.4 Å². The van der Waals surface area contributed by atoms with Crippen LogP contribution in [0.25, 0.3) is 0 Å². The van der Waals surface area contributed by atoms with Crippen molar-refractivity contribution < 1.29 is 4.92 Å². The second-order valence-corrected chi connectivity index (χ2v) is 4.87. The number of guanidine groups is 1. The molecule has 1 heterocycles. The Labute approximate surface area is 163 Å². The first kappa shape index (κ1) is 20.6. The molecule has 134 valence electrons. The van der Waals surface area contributed by atoms with Crippen molar-refractivity contribution in [1.82, 2.24) is 15.6 Å². The lowest BCUT2D eigenvalue weighted by Gasteiger charge is -2.12. The molecule has 0 unspecified atom stereocenters. The SMILES string of the molecule is CN=C(NCCNc1ccccc1[N+](=O)[O-])NCc1ccccn1.I. The van der Waals surface area contributed by atoms with Crippen molar-refractivity contribution in [1.29, 1.82) is 0 Å². The van der Waals surface area contributed by atoms with Crippen LogP contribution in [0.3, 0.4) is 0 Å². The summed E-state index contributed by atoms with van der Waals surface area (Å²) in [5.41, 5.74) is 1.48. The van der Waals surface area contributed by atoms with Crippen molar-refractivity contribution in [3.8, 4) is 0 Å². The van der Waals surface area contributed by atoms with Crippen molar-refractivity contribution in [3.63, 3.8) is 0 Å². The number of rotatable bonds is 7. The Kier molecular flexibility index (Phi) is 9.22. The molecule has 1 aromatic heterocycles. The molecule has 0 saturated carbocycles. The molecular weight excluding hydrogens is 435 g/mol. The van der Waals surface area contributed by atoms with Gasteiger partial charge in [-0.15, -0.1) is 24.0 Å². The zero-order valence-corrected chi connectivity index (χ0v) is 16.1. The van der Waals surface area contributed by atoms with E-state index in [-0.39, 0.29) is 29.7 Å². The van der Waals surface area contributed by atoms with Gasteiger partial charge >= 0.3 is 0 Å². The quantitative estimate of drug-likeness (QED) is 0.148. The topological polar surface area (TPSA) is 104 Å². The van der Waals surface area contributed by atoms with E-state index in [1.807, 2.05) is 18.2 Å². The standard InChI is InChI=1S/C16H20N6O2.HI/c1-17-16(21-12-13-6-4-5-9-18-13)20-11-10-19-14-7-2-3-8-15(14)22(23)24;/h2-9,19H,10-12H2,1H3,(H2,17,20,21);1H. The first-order valence-electron chi connectivity index (χ1n) is 7.52. The van der Waals surface area contributed by atoms with Crippen LogP contribution in [-0.2, 0) is 6.54 Å². The summed E-state index contributed by atoms with van der Waals surface area (Å²) in [4.78, 5) is 18.9. The predicted molar refractivity (Wildman–Crippen MR) is 109 cm³/mol. The van der Waals surface area contributed by atoms with Crippen LogP contribution in [0.4, 0.5) is 11.4 Å². The Hall–Kier alpha value is -2.43. The zero-order chi connectivity index (χ0) is 17.2. The van der Waals surface area contributed by atoms with E-state index >= 15 is 0 Å². The van der Waals surface area contributed by atoms with E-state index < -0.39 is 4.92 Å². The fourth-order valence-electron chi connectivity index (χ4n) is 2.06. The fraction of sp³-hybridized carbons (Fsp3) is 0.250. The lowest BCUT2D eigenvalue weighted by atomic mass is 10.2. The summed E-state index contributed by atoms with van der Waals surface area (Å²) >= 11 is 0. The zero-order valence-electron chi connectivity index (χ0n) is 13.8. The van der Waals surface area contributed by atoms with E-state index in [1.165, 1.54) is 6.07 Å². The number of hydrogen-bond acceptors (Lipinski definition) is 5. The van der Waals surface area contributed by atoms with Gasteiger partial charge in [-0.25, -0.2) is 0 Å². The highest BCUT2D eigenvalue weighted by Gasteiger charge is 2.11. The maximum atomic E-state index is 10.9. The number of aliphatic imine (C=N–C) groups is 1. The average Bonchev–Trinajstić information content (AvgIpc) is 2.62. The average molecular weight is 456 g/mol. The Morgan fingerprint density at radius 2 is 1.92 bits per heavy atom. The summed E-state index contributed by atoms with van der Waals surface area (Å²) in [5, 5.41) is 20.3. The van der Waals surface area contributed by atoms with Crippen molar-refractivity contribution >= 4 is 41.3 Å². The minimum atomic E-state index is -0.400. The first-order valence-corrected chi connectivity index (χ1v) is 7.52. The van der Waals surface area contributed by atoms with Gasteiger partial charge in [0, 0.05) is 32.4 Å². The molecule has 0 fully saturated rings. The molecule has 3 N–H and O–H groups in total. The molecule has 9 heteroatoms. The van der Waals surface area contributed by atoms with Gasteiger partial charge in [-0.3, -0.25) is 20.1 Å². The molecule has 0 aliphatic rings. The predicted octanol–water partition coefficient (Wildman–Crippen LogP) is 2.38. The summed E-state index contributed by atoms with van der Waals surface area (Å²) in [6.07, 6.45) is 1.74. The third kappa shape index (κ3) is 6.91. The number of nitro groups is 1. The maximum absolute atomic E-state index is 10.9. The van der Waals surface area contributed by atoms with Crippen molar-refractivity contribution in [3.05, 3.63) is 64.5 Å². The second kappa shape index (κ2) is 11.2. The first-order chi connectivity index (χ1) is 11.7.